The maximum absolute atomic E-state index is 12.6. The van der Waals surface area contributed by atoms with E-state index in [4.69, 9.17) is 0 Å². The summed E-state index contributed by atoms with van der Waals surface area (Å²) >= 11 is 6.87. The summed E-state index contributed by atoms with van der Waals surface area (Å²) in [5.74, 6) is -0.979. The lowest BCUT2D eigenvalue weighted by Gasteiger charge is -2.18. The molecule has 1 aliphatic heterocycles. The van der Waals surface area contributed by atoms with Crippen molar-refractivity contribution in [1.82, 2.24) is 5.32 Å². The van der Waals surface area contributed by atoms with Crippen molar-refractivity contribution in [3.8, 4) is 0 Å². The van der Waals surface area contributed by atoms with E-state index in [2.05, 4.69) is 37.2 Å². The van der Waals surface area contributed by atoms with E-state index in [1.165, 1.54) is 0 Å². The van der Waals surface area contributed by atoms with E-state index in [9.17, 15) is 9.59 Å². The zero-order valence-corrected chi connectivity index (χ0v) is 16.0. The van der Waals surface area contributed by atoms with Crippen LogP contribution < -0.4 is 10.2 Å². The largest absolute Gasteiger partial charge is 0.351 e. The molecule has 1 fully saturated rings. The van der Waals surface area contributed by atoms with Gasteiger partial charge in [0.2, 0.25) is 11.8 Å². The Kier molecular flexibility index (Phi) is 5.36. The van der Waals surface area contributed by atoms with Crippen LogP contribution in [-0.4, -0.2) is 18.4 Å². The highest BCUT2D eigenvalue weighted by Gasteiger charge is 2.37. The standard InChI is InChI=1S/C18H16Br2N2O2/c19-13-5-3-4-12(10-13)11-21-17(23)14-8-9-22(18(14)24)16-7-2-1-6-15(16)20/h1-7,10,14H,8-9,11H2,(H,21,23). The lowest BCUT2D eigenvalue weighted by atomic mass is 10.1. The molecular formula is C18H16Br2N2O2. The van der Waals surface area contributed by atoms with Crippen LogP contribution in [0.1, 0.15) is 12.0 Å². The van der Waals surface area contributed by atoms with E-state index >= 15 is 0 Å². The molecule has 2 aromatic carbocycles. The van der Waals surface area contributed by atoms with Crippen LogP contribution in [0.2, 0.25) is 0 Å². The first kappa shape index (κ1) is 17.2. The van der Waals surface area contributed by atoms with Crippen LogP contribution in [0.15, 0.2) is 57.5 Å². The summed E-state index contributed by atoms with van der Waals surface area (Å²) in [5, 5.41) is 2.87. The summed E-state index contributed by atoms with van der Waals surface area (Å²) in [6.45, 7) is 0.966. The fourth-order valence-electron chi connectivity index (χ4n) is 2.79. The molecule has 0 aliphatic carbocycles. The van der Waals surface area contributed by atoms with Gasteiger partial charge in [0, 0.05) is 22.0 Å². The Morgan fingerprint density at radius 3 is 2.71 bits per heavy atom. The number of carbonyl (C=O) groups is 2. The third kappa shape index (κ3) is 3.70. The van der Waals surface area contributed by atoms with Crippen molar-refractivity contribution >= 4 is 49.4 Å². The Morgan fingerprint density at radius 1 is 1.17 bits per heavy atom. The topological polar surface area (TPSA) is 49.4 Å². The minimum absolute atomic E-state index is 0.145. The van der Waals surface area contributed by atoms with Crippen molar-refractivity contribution < 1.29 is 9.59 Å². The summed E-state index contributed by atoms with van der Waals surface area (Å²) in [6, 6.07) is 15.3. The highest BCUT2D eigenvalue weighted by Crippen LogP contribution is 2.31. The number of nitrogens with zero attached hydrogens (tertiary/aromatic N) is 1. The molecule has 2 amide bonds. The van der Waals surface area contributed by atoms with Crippen LogP contribution in [0.25, 0.3) is 0 Å². The van der Waals surface area contributed by atoms with E-state index in [0.29, 0.717) is 19.5 Å². The summed E-state index contributed by atoms with van der Waals surface area (Å²) < 4.78 is 1.82. The molecule has 1 saturated heterocycles. The van der Waals surface area contributed by atoms with Crippen molar-refractivity contribution in [2.24, 2.45) is 5.92 Å². The van der Waals surface area contributed by atoms with Crippen molar-refractivity contribution in [1.29, 1.82) is 0 Å². The molecule has 1 N–H and O–H groups in total. The number of hydrogen-bond acceptors (Lipinski definition) is 2. The molecule has 1 aliphatic rings. The van der Waals surface area contributed by atoms with E-state index in [1.54, 1.807) is 4.90 Å². The van der Waals surface area contributed by atoms with Crippen LogP contribution in [0.5, 0.6) is 0 Å². The van der Waals surface area contributed by atoms with Crippen LogP contribution in [0, 0.1) is 5.92 Å². The lowest BCUT2D eigenvalue weighted by Crippen LogP contribution is -2.36. The molecule has 0 spiro atoms. The van der Waals surface area contributed by atoms with Crippen LogP contribution in [-0.2, 0) is 16.1 Å². The average molecular weight is 452 g/mol. The van der Waals surface area contributed by atoms with Crippen molar-refractivity contribution in [2.75, 3.05) is 11.4 Å². The molecule has 4 nitrogen and oxygen atoms in total. The van der Waals surface area contributed by atoms with Gasteiger partial charge in [-0.25, -0.2) is 0 Å². The van der Waals surface area contributed by atoms with Gasteiger partial charge in [-0.3, -0.25) is 9.59 Å². The SMILES string of the molecule is O=C(NCc1cccc(Br)c1)C1CCN(c2ccccc2Br)C1=O. The lowest BCUT2D eigenvalue weighted by molar-refractivity contribution is -0.132. The number of halogens is 2. The summed E-state index contributed by atoms with van der Waals surface area (Å²) in [4.78, 5) is 26.7. The number of anilines is 1. The van der Waals surface area contributed by atoms with Gasteiger partial charge in [0.1, 0.15) is 5.92 Å². The van der Waals surface area contributed by atoms with Crippen LogP contribution >= 0.6 is 31.9 Å². The molecule has 0 aromatic heterocycles. The summed E-state index contributed by atoms with van der Waals surface area (Å²) in [5.41, 5.74) is 1.80. The van der Waals surface area contributed by atoms with Gasteiger partial charge >= 0.3 is 0 Å². The maximum atomic E-state index is 12.6. The first-order valence-corrected chi connectivity index (χ1v) is 9.23. The van der Waals surface area contributed by atoms with Gasteiger partial charge in [-0.05, 0) is 52.2 Å². The fourth-order valence-corrected chi connectivity index (χ4v) is 3.74. The number of carbonyl (C=O) groups excluding carboxylic acids is 2. The number of hydrogen-bond donors (Lipinski definition) is 1. The van der Waals surface area contributed by atoms with E-state index < -0.39 is 5.92 Å². The molecule has 0 saturated carbocycles. The molecule has 1 atom stereocenters. The first-order chi connectivity index (χ1) is 11.6. The van der Waals surface area contributed by atoms with Gasteiger partial charge in [0.15, 0.2) is 0 Å². The molecule has 3 rings (SSSR count). The molecule has 0 bridgehead atoms. The van der Waals surface area contributed by atoms with E-state index in [-0.39, 0.29) is 11.8 Å². The number of rotatable bonds is 4. The zero-order chi connectivity index (χ0) is 17.1. The van der Waals surface area contributed by atoms with Gasteiger partial charge in [-0.1, -0.05) is 40.2 Å². The second-order valence-electron chi connectivity index (χ2n) is 5.63. The third-order valence-corrected chi connectivity index (χ3v) is 5.18. The van der Waals surface area contributed by atoms with E-state index in [1.807, 2.05) is 48.5 Å². The van der Waals surface area contributed by atoms with Gasteiger partial charge in [0.25, 0.3) is 0 Å². The number of para-hydroxylation sites is 1. The normalized spacial score (nSPS) is 17.2. The molecule has 6 heteroatoms. The second-order valence-corrected chi connectivity index (χ2v) is 7.40. The Hall–Kier alpha value is -1.66. The smallest absolute Gasteiger partial charge is 0.239 e. The van der Waals surface area contributed by atoms with Gasteiger partial charge in [-0.2, -0.15) is 0 Å². The molecule has 124 valence electrons. The molecule has 1 heterocycles. The van der Waals surface area contributed by atoms with Crippen molar-refractivity contribution in [3.63, 3.8) is 0 Å². The Morgan fingerprint density at radius 2 is 1.96 bits per heavy atom. The van der Waals surface area contributed by atoms with Crippen molar-refractivity contribution in [3.05, 3.63) is 63.0 Å². The maximum Gasteiger partial charge on any atom is 0.239 e. The zero-order valence-electron chi connectivity index (χ0n) is 12.8. The quantitative estimate of drug-likeness (QED) is 0.717. The molecule has 24 heavy (non-hydrogen) atoms. The van der Waals surface area contributed by atoms with Crippen LogP contribution in [0.4, 0.5) is 5.69 Å². The Bertz CT molecular complexity index is 779. The highest BCUT2D eigenvalue weighted by molar-refractivity contribution is 9.10. The predicted molar refractivity (Wildman–Crippen MR) is 101 cm³/mol. The summed E-state index contributed by atoms with van der Waals surface area (Å²) in [7, 11) is 0. The van der Waals surface area contributed by atoms with Crippen LogP contribution in [0.3, 0.4) is 0 Å². The third-order valence-electron chi connectivity index (χ3n) is 4.02. The van der Waals surface area contributed by atoms with Gasteiger partial charge in [-0.15, -0.1) is 0 Å². The minimum Gasteiger partial charge on any atom is -0.351 e. The number of benzene rings is 2. The number of nitrogens with one attached hydrogen (secondary N) is 1. The van der Waals surface area contributed by atoms with Crippen molar-refractivity contribution in [2.45, 2.75) is 13.0 Å². The summed E-state index contributed by atoms with van der Waals surface area (Å²) in [6.07, 6.45) is 0.532. The predicted octanol–water partition coefficient (Wildman–Crippen LogP) is 3.88. The molecule has 1 unspecified atom stereocenters. The first-order valence-electron chi connectivity index (χ1n) is 7.64. The van der Waals surface area contributed by atoms with E-state index in [0.717, 1.165) is 20.2 Å². The van der Waals surface area contributed by atoms with Gasteiger partial charge < -0.3 is 10.2 Å². The second kappa shape index (κ2) is 7.49. The Balaban J connectivity index is 1.64. The highest BCUT2D eigenvalue weighted by atomic mass is 79.9. The molecule has 0 radical (unpaired) electrons. The number of amides is 2. The monoisotopic (exact) mass is 450 g/mol. The average Bonchev–Trinajstić information content (AvgIpc) is 2.95. The van der Waals surface area contributed by atoms with Gasteiger partial charge in [0.05, 0.1) is 5.69 Å². The minimum atomic E-state index is -0.621. The fraction of sp³-hybridized carbons (Fsp3) is 0.222. The molecular weight excluding hydrogens is 436 g/mol. The molecule has 2 aromatic rings. The Labute approximate surface area is 157 Å².